The van der Waals surface area contributed by atoms with Gasteiger partial charge in [-0.05, 0) is 23.6 Å². The fourth-order valence-electron chi connectivity index (χ4n) is 3.15. The molecule has 0 unspecified atom stereocenters. The highest BCUT2D eigenvalue weighted by molar-refractivity contribution is 7.09. The van der Waals surface area contributed by atoms with E-state index >= 15 is 0 Å². The number of ketones is 1. The number of rotatable bonds is 8. The second-order valence-corrected chi connectivity index (χ2v) is 7.82. The molecule has 152 valence electrons. The number of nitrogen functional groups attached to an aromatic ring is 1. The van der Waals surface area contributed by atoms with E-state index in [0.29, 0.717) is 13.1 Å². The van der Waals surface area contributed by atoms with E-state index in [4.69, 9.17) is 5.73 Å². The van der Waals surface area contributed by atoms with E-state index in [1.165, 1.54) is 11.6 Å². The minimum atomic E-state index is -0.658. The monoisotopic (exact) mass is 412 g/mol. The smallest absolute Gasteiger partial charge is 0.332 e. The number of carbonyl (C=O) groups excluding carboxylic acids is 1. The van der Waals surface area contributed by atoms with Crippen molar-refractivity contribution in [2.75, 3.05) is 18.8 Å². The molecule has 0 aliphatic carbocycles. The molecule has 0 radical (unpaired) electrons. The zero-order chi connectivity index (χ0) is 21.0. The number of nitrogens with zero attached hydrogens (tertiary/aromatic N) is 3. The summed E-state index contributed by atoms with van der Waals surface area (Å²) in [4.78, 5) is 41.4. The van der Waals surface area contributed by atoms with Crippen LogP contribution < -0.4 is 17.0 Å². The standard InChI is InChI=1S/C21H24N4O3S/c1-3-24(13-16-10-7-11-29-16)14-17(26)18-19(22)25(21(28)23(2)20(18)27)12-15-8-5-4-6-9-15/h4-11H,3,12-14,22H2,1-2H3. The molecular weight excluding hydrogens is 388 g/mol. The fourth-order valence-corrected chi connectivity index (χ4v) is 3.89. The first-order valence-electron chi connectivity index (χ1n) is 9.33. The van der Waals surface area contributed by atoms with Gasteiger partial charge < -0.3 is 5.73 Å². The van der Waals surface area contributed by atoms with Gasteiger partial charge in [0.1, 0.15) is 11.4 Å². The molecule has 0 spiro atoms. The molecule has 3 rings (SSSR count). The summed E-state index contributed by atoms with van der Waals surface area (Å²) >= 11 is 1.61. The van der Waals surface area contributed by atoms with Crippen molar-refractivity contribution in [1.82, 2.24) is 14.0 Å². The highest BCUT2D eigenvalue weighted by atomic mass is 32.1. The van der Waals surface area contributed by atoms with Crippen LogP contribution in [0.25, 0.3) is 0 Å². The molecule has 8 heteroatoms. The summed E-state index contributed by atoms with van der Waals surface area (Å²) in [6.45, 7) is 3.46. The molecule has 0 aliphatic rings. The fraction of sp³-hybridized carbons (Fsp3) is 0.286. The SMILES string of the molecule is CCN(CC(=O)c1c(N)n(Cc2ccccc2)c(=O)n(C)c1=O)Cc1cccs1. The average molecular weight is 413 g/mol. The lowest BCUT2D eigenvalue weighted by Crippen LogP contribution is -2.44. The van der Waals surface area contributed by atoms with Gasteiger partial charge in [-0.2, -0.15) is 0 Å². The number of anilines is 1. The Kier molecular flexibility index (Phi) is 6.46. The zero-order valence-corrected chi connectivity index (χ0v) is 17.3. The maximum absolute atomic E-state index is 13.0. The lowest BCUT2D eigenvalue weighted by molar-refractivity contribution is 0.0928. The van der Waals surface area contributed by atoms with Gasteiger partial charge in [0.2, 0.25) is 0 Å². The molecule has 2 N–H and O–H groups in total. The van der Waals surface area contributed by atoms with E-state index in [1.807, 2.05) is 59.7 Å². The average Bonchev–Trinajstić information content (AvgIpc) is 3.23. The molecule has 0 saturated heterocycles. The van der Waals surface area contributed by atoms with Crippen molar-refractivity contribution in [2.24, 2.45) is 7.05 Å². The molecule has 0 aliphatic heterocycles. The van der Waals surface area contributed by atoms with Crippen LogP contribution in [-0.2, 0) is 20.1 Å². The second-order valence-electron chi connectivity index (χ2n) is 6.78. The van der Waals surface area contributed by atoms with Gasteiger partial charge in [0.25, 0.3) is 5.56 Å². The molecule has 2 heterocycles. The molecule has 0 fully saturated rings. The Bertz CT molecular complexity index is 1100. The first-order valence-corrected chi connectivity index (χ1v) is 10.2. The lowest BCUT2D eigenvalue weighted by atomic mass is 10.1. The van der Waals surface area contributed by atoms with Crippen LogP contribution >= 0.6 is 11.3 Å². The summed E-state index contributed by atoms with van der Waals surface area (Å²) in [7, 11) is 1.37. The summed E-state index contributed by atoms with van der Waals surface area (Å²) < 4.78 is 2.22. The Hall–Kier alpha value is -2.97. The molecule has 3 aromatic rings. The van der Waals surface area contributed by atoms with Crippen LogP contribution in [-0.4, -0.2) is 32.9 Å². The van der Waals surface area contributed by atoms with Crippen LogP contribution in [0.2, 0.25) is 0 Å². The predicted molar refractivity (Wildman–Crippen MR) is 115 cm³/mol. The number of carbonyl (C=O) groups is 1. The largest absolute Gasteiger partial charge is 0.384 e. The first-order chi connectivity index (χ1) is 13.9. The molecule has 0 amide bonds. The number of hydrogen-bond acceptors (Lipinski definition) is 6. The summed E-state index contributed by atoms with van der Waals surface area (Å²) in [5.74, 6) is -0.470. The number of thiophene rings is 1. The molecule has 0 atom stereocenters. The zero-order valence-electron chi connectivity index (χ0n) is 16.5. The van der Waals surface area contributed by atoms with Gasteiger partial charge >= 0.3 is 5.69 Å². The van der Waals surface area contributed by atoms with Crippen molar-refractivity contribution in [3.8, 4) is 0 Å². The summed E-state index contributed by atoms with van der Waals surface area (Å²) in [6, 6.07) is 13.3. The van der Waals surface area contributed by atoms with Crippen molar-refractivity contribution in [3.05, 3.63) is 84.7 Å². The third-order valence-corrected chi connectivity index (χ3v) is 5.68. The first kappa shape index (κ1) is 20.8. The summed E-state index contributed by atoms with van der Waals surface area (Å²) in [5, 5.41) is 1.98. The van der Waals surface area contributed by atoms with E-state index in [1.54, 1.807) is 11.3 Å². The van der Waals surface area contributed by atoms with Crippen LogP contribution in [0.5, 0.6) is 0 Å². The van der Waals surface area contributed by atoms with Crippen molar-refractivity contribution in [3.63, 3.8) is 0 Å². The van der Waals surface area contributed by atoms with E-state index in [-0.39, 0.29) is 30.3 Å². The van der Waals surface area contributed by atoms with Gasteiger partial charge in [-0.15, -0.1) is 11.3 Å². The van der Waals surface area contributed by atoms with Gasteiger partial charge in [0.05, 0.1) is 13.1 Å². The quantitative estimate of drug-likeness (QED) is 0.571. The van der Waals surface area contributed by atoms with Crippen molar-refractivity contribution < 1.29 is 4.79 Å². The Labute approximate surface area is 172 Å². The van der Waals surface area contributed by atoms with Crippen molar-refractivity contribution in [2.45, 2.75) is 20.0 Å². The Morgan fingerprint density at radius 2 is 1.86 bits per heavy atom. The van der Waals surface area contributed by atoms with Crippen LogP contribution in [0.1, 0.15) is 27.7 Å². The third-order valence-electron chi connectivity index (χ3n) is 4.82. The second kappa shape index (κ2) is 9.02. The predicted octanol–water partition coefficient (Wildman–Crippen LogP) is 1.94. The van der Waals surface area contributed by atoms with E-state index < -0.39 is 11.2 Å². The van der Waals surface area contributed by atoms with Crippen LogP contribution in [0.3, 0.4) is 0 Å². The molecule has 2 aromatic heterocycles. The number of likely N-dealkylation sites (N-methyl/N-ethyl adjacent to an activating group) is 1. The number of hydrogen-bond donors (Lipinski definition) is 1. The topological polar surface area (TPSA) is 90.3 Å². The van der Waals surface area contributed by atoms with Gasteiger partial charge in [-0.25, -0.2) is 4.79 Å². The molecule has 29 heavy (non-hydrogen) atoms. The number of Topliss-reactive ketones (excluding diaryl/α,β-unsaturated/α-hetero) is 1. The van der Waals surface area contributed by atoms with E-state index in [2.05, 4.69) is 0 Å². The van der Waals surface area contributed by atoms with Crippen LogP contribution in [0.15, 0.2) is 57.4 Å². The third kappa shape index (κ3) is 4.55. The Balaban J connectivity index is 1.94. The molecule has 0 bridgehead atoms. The van der Waals surface area contributed by atoms with Gasteiger partial charge in [-0.3, -0.25) is 23.6 Å². The molecule has 7 nitrogen and oxygen atoms in total. The van der Waals surface area contributed by atoms with Gasteiger partial charge in [0, 0.05) is 18.5 Å². The minimum absolute atomic E-state index is 0.0530. The maximum atomic E-state index is 13.0. The normalized spacial score (nSPS) is 11.1. The highest BCUT2D eigenvalue weighted by Gasteiger charge is 2.23. The Morgan fingerprint density at radius 3 is 2.48 bits per heavy atom. The Morgan fingerprint density at radius 1 is 1.14 bits per heavy atom. The summed E-state index contributed by atoms with van der Waals surface area (Å²) in [5.41, 5.74) is 5.69. The minimum Gasteiger partial charge on any atom is -0.384 e. The van der Waals surface area contributed by atoms with Crippen molar-refractivity contribution in [1.29, 1.82) is 0 Å². The van der Waals surface area contributed by atoms with E-state index in [9.17, 15) is 14.4 Å². The number of nitrogens with two attached hydrogens (primary N) is 1. The number of benzene rings is 1. The maximum Gasteiger partial charge on any atom is 0.332 e. The molecular formula is C21H24N4O3S. The van der Waals surface area contributed by atoms with Gasteiger partial charge in [0.15, 0.2) is 5.78 Å². The summed E-state index contributed by atoms with van der Waals surface area (Å²) in [6.07, 6.45) is 0. The molecule has 1 aromatic carbocycles. The lowest BCUT2D eigenvalue weighted by Gasteiger charge is -2.20. The van der Waals surface area contributed by atoms with E-state index in [0.717, 1.165) is 15.0 Å². The molecule has 0 saturated carbocycles. The highest BCUT2D eigenvalue weighted by Crippen LogP contribution is 2.14. The van der Waals surface area contributed by atoms with Crippen molar-refractivity contribution >= 4 is 22.9 Å². The van der Waals surface area contributed by atoms with Crippen LogP contribution in [0, 0.1) is 0 Å². The number of aromatic nitrogens is 2. The van der Waals surface area contributed by atoms with Crippen LogP contribution in [0.4, 0.5) is 5.82 Å². The van der Waals surface area contributed by atoms with Gasteiger partial charge in [-0.1, -0.05) is 43.3 Å².